The van der Waals surface area contributed by atoms with Gasteiger partial charge < -0.3 is 15.4 Å². The average Bonchev–Trinajstić information content (AvgIpc) is 3.45. The summed E-state index contributed by atoms with van der Waals surface area (Å²) in [6, 6.07) is 16.2. The lowest BCUT2D eigenvalue weighted by Crippen LogP contribution is -2.32. The summed E-state index contributed by atoms with van der Waals surface area (Å²) >= 11 is 0. The van der Waals surface area contributed by atoms with Crippen LogP contribution in [0.3, 0.4) is 0 Å². The summed E-state index contributed by atoms with van der Waals surface area (Å²) < 4.78 is 5.53. The SMILES string of the molecule is O=C(Nc1ccccc1C(=O)NC[C@H]1CCCO1)c1cnn(-c2ccccc2)n1. The molecule has 1 aromatic heterocycles. The number of hydrogen-bond donors (Lipinski definition) is 2. The second kappa shape index (κ2) is 8.66. The summed E-state index contributed by atoms with van der Waals surface area (Å²) in [5.41, 5.74) is 1.70. The fourth-order valence-electron chi connectivity index (χ4n) is 3.14. The number of carbonyl (C=O) groups excluding carboxylic acids is 2. The molecule has 0 radical (unpaired) electrons. The van der Waals surface area contributed by atoms with Crippen molar-refractivity contribution in [1.29, 1.82) is 0 Å². The fourth-order valence-corrected chi connectivity index (χ4v) is 3.14. The summed E-state index contributed by atoms with van der Waals surface area (Å²) in [6.45, 7) is 1.18. The van der Waals surface area contributed by atoms with Crippen molar-refractivity contribution in [2.45, 2.75) is 18.9 Å². The molecule has 0 aliphatic carbocycles. The molecule has 4 rings (SSSR count). The van der Waals surface area contributed by atoms with Crippen molar-refractivity contribution >= 4 is 17.5 Å². The number of carbonyl (C=O) groups is 2. The van der Waals surface area contributed by atoms with Gasteiger partial charge in [0.05, 0.1) is 29.2 Å². The fraction of sp³-hybridized carbons (Fsp3) is 0.238. The van der Waals surface area contributed by atoms with Crippen LogP contribution >= 0.6 is 0 Å². The molecule has 148 valence electrons. The molecule has 0 unspecified atom stereocenters. The van der Waals surface area contributed by atoms with E-state index in [1.807, 2.05) is 30.3 Å². The van der Waals surface area contributed by atoms with E-state index in [0.717, 1.165) is 25.1 Å². The van der Waals surface area contributed by atoms with Gasteiger partial charge in [-0.05, 0) is 37.1 Å². The van der Waals surface area contributed by atoms with Crippen molar-refractivity contribution in [2.24, 2.45) is 0 Å². The Balaban J connectivity index is 1.44. The van der Waals surface area contributed by atoms with Crippen LogP contribution < -0.4 is 10.6 Å². The number of nitrogens with zero attached hydrogens (tertiary/aromatic N) is 3. The first-order valence-electron chi connectivity index (χ1n) is 9.48. The number of ether oxygens (including phenoxy) is 1. The van der Waals surface area contributed by atoms with E-state index in [9.17, 15) is 9.59 Å². The molecule has 8 nitrogen and oxygen atoms in total. The van der Waals surface area contributed by atoms with Gasteiger partial charge in [-0.3, -0.25) is 9.59 Å². The number of rotatable bonds is 6. The highest BCUT2D eigenvalue weighted by atomic mass is 16.5. The largest absolute Gasteiger partial charge is 0.376 e. The summed E-state index contributed by atoms with van der Waals surface area (Å²) in [6.07, 6.45) is 3.39. The van der Waals surface area contributed by atoms with Crippen LogP contribution in [0.5, 0.6) is 0 Å². The normalized spacial score (nSPS) is 15.8. The third-order valence-electron chi connectivity index (χ3n) is 4.65. The Kier molecular flexibility index (Phi) is 5.62. The van der Waals surface area contributed by atoms with Gasteiger partial charge in [-0.25, -0.2) is 0 Å². The van der Waals surface area contributed by atoms with E-state index in [0.29, 0.717) is 17.8 Å². The highest BCUT2D eigenvalue weighted by Gasteiger charge is 2.19. The van der Waals surface area contributed by atoms with E-state index < -0.39 is 5.91 Å². The van der Waals surface area contributed by atoms with Crippen LogP contribution in [0, 0.1) is 0 Å². The van der Waals surface area contributed by atoms with Crippen molar-refractivity contribution in [3.05, 3.63) is 72.1 Å². The second-order valence-electron chi connectivity index (χ2n) is 6.70. The van der Waals surface area contributed by atoms with Crippen molar-refractivity contribution in [1.82, 2.24) is 20.3 Å². The Morgan fingerprint density at radius 3 is 2.66 bits per heavy atom. The first-order valence-corrected chi connectivity index (χ1v) is 9.48. The molecule has 1 fully saturated rings. The predicted octanol–water partition coefficient (Wildman–Crippen LogP) is 2.43. The number of aromatic nitrogens is 3. The molecule has 1 saturated heterocycles. The Labute approximate surface area is 167 Å². The number of para-hydroxylation sites is 2. The number of hydrogen-bond acceptors (Lipinski definition) is 5. The molecule has 29 heavy (non-hydrogen) atoms. The number of nitrogens with one attached hydrogen (secondary N) is 2. The van der Waals surface area contributed by atoms with Gasteiger partial charge in [0.1, 0.15) is 0 Å². The predicted molar refractivity (Wildman–Crippen MR) is 107 cm³/mol. The van der Waals surface area contributed by atoms with Crippen molar-refractivity contribution in [3.8, 4) is 5.69 Å². The minimum atomic E-state index is -0.438. The molecule has 1 aliphatic heterocycles. The molecule has 2 aromatic carbocycles. The van der Waals surface area contributed by atoms with Crippen LogP contribution in [0.4, 0.5) is 5.69 Å². The summed E-state index contributed by atoms with van der Waals surface area (Å²) in [4.78, 5) is 26.6. The quantitative estimate of drug-likeness (QED) is 0.673. The zero-order chi connectivity index (χ0) is 20.1. The van der Waals surface area contributed by atoms with Crippen molar-refractivity contribution in [2.75, 3.05) is 18.5 Å². The molecule has 0 saturated carbocycles. The first kappa shape index (κ1) is 18.8. The molecule has 2 amide bonds. The third kappa shape index (κ3) is 4.49. The zero-order valence-electron chi connectivity index (χ0n) is 15.7. The molecular formula is C21H21N5O3. The van der Waals surface area contributed by atoms with Gasteiger partial charge in [0, 0.05) is 13.2 Å². The van der Waals surface area contributed by atoms with Crippen LogP contribution in [0.1, 0.15) is 33.7 Å². The lowest BCUT2D eigenvalue weighted by atomic mass is 10.1. The van der Waals surface area contributed by atoms with E-state index in [4.69, 9.17) is 4.74 Å². The lowest BCUT2D eigenvalue weighted by Gasteiger charge is -2.13. The third-order valence-corrected chi connectivity index (χ3v) is 4.65. The number of anilines is 1. The van der Waals surface area contributed by atoms with Crippen molar-refractivity contribution < 1.29 is 14.3 Å². The Bertz CT molecular complexity index is 996. The molecule has 2 heterocycles. The average molecular weight is 391 g/mol. The lowest BCUT2D eigenvalue weighted by molar-refractivity contribution is 0.0858. The molecule has 0 spiro atoms. The zero-order valence-corrected chi connectivity index (χ0v) is 15.7. The van der Waals surface area contributed by atoms with Crippen LogP contribution in [0.15, 0.2) is 60.8 Å². The summed E-state index contributed by atoms with van der Waals surface area (Å²) in [5.74, 6) is -0.698. The topological polar surface area (TPSA) is 98.1 Å². The van der Waals surface area contributed by atoms with Gasteiger partial charge in [0.15, 0.2) is 5.69 Å². The molecule has 8 heteroatoms. The summed E-state index contributed by atoms with van der Waals surface area (Å²) in [7, 11) is 0. The maximum absolute atomic E-state index is 12.6. The minimum absolute atomic E-state index is 0.0497. The van der Waals surface area contributed by atoms with E-state index in [1.54, 1.807) is 24.3 Å². The molecule has 3 aromatic rings. The van der Waals surface area contributed by atoms with Gasteiger partial charge in [-0.1, -0.05) is 30.3 Å². The first-order chi connectivity index (χ1) is 14.2. The van der Waals surface area contributed by atoms with Crippen molar-refractivity contribution in [3.63, 3.8) is 0 Å². The Hall–Kier alpha value is -3.52. The van der Waals surface area contributed by atoms with E-state index in [2.05, 4.69) is 20.8 Å². The van der Waals surface area contributed by atoms with Gasteiger partial charge in [-0.15, -0.1) is 5.10 Å². The van der Waals surface area contributed by atoms with Crippen LogP contribution in [0.25, 0.3) is 5.69 Å². The van der Waals surface area contributed by atoms with Gasteiger partial charge >= 0.3 is 0 Å². The monoisotopic (exact) mass is 391 g/mol. The van der Waals surface area contributed by atoms with E-state index >= 15 is 0 Å². The summed E-state index contributed by atoms with van der Waals surface area (Å²) in [5, 5.41) is 14.0. The Morgan fingerprint density at radius 1 is 1.07 bits per heavy atom. The van der Waals surface area contributed by atoms with Gasteiger partial charge in [-0.2, -0.15) is 9.90 Å². The molecule has 2 N–H and O–H groups in total. The number of benzene rings is 2. The van der Waals surface area contributed by atoms with Gasteiger partial charge in [0.25, 0.3) is 11.8 Å². The number of amides is 2. The minimum Gasteiger partial charge on any atom is -0.376 e. The molecule has 1 aliphatic rings. The highest BCUT2D eigenvalue weighted by molar-refractivity contribution is 6.08. The molecule has 0 bridgehead atoms. The van der Waals surface area contributed by atoms with Crippen LogP contribution in [-0.4, -0.2) is 46.1 Å². The molecule has 1 atom stereocenters. The van der Waals surface area contributed by atoms with Crippen LogP contribution in [0.2, 0.25) is 0 Å². The van der Waals surface area contributed by atoms with E-state index in [-0.39, 0.29) is 17.7 Å². The molecular weight excluding hydrogens is 370 g/mol. The van der Waals surface area contributed by atoms with E-state index in [1.165, 1.54) is 11.0 Å². The smallest absolute Gasteiger partial charge is 0.277 e. The highest BCUT2D eigenvalue weighted by Crippen LogP contribution is 2.17. The van der Waals surface area contributed by atoms with Gasteiger partial charge in [0.2, 0.25) is 0 Å². The van der Waals surface area contributed by atoms with Crippen LogP contribution in [-0.2, 0) is 4.74 Å². The maximum Gasteiger partial charge on any atom is 0.277 e. The Morgan fingerprint density at radius 2 is 1.86 bits per heavy atom. The standard InChI is InChI=1S/C21H21N5O3/c27-20(22-13-16-9-6-12-29-16)17-10-4-5-11-18(17)24-21(28)19-14-23-26(25-19)15-7-2-1-3-8-15/h1-5,7-8,10-11,14,16H,6,9,12-13H2,(H,22,27)(H,24,28)/t16-/m1/s1. The second-order valence-corrected chi connectivity index (χ2v) is 6.70. The maximum atomic E-state index is 12.6.